The van der Waals surface area contributed by atoms with Gasteiger partial charge in [-0.3, -0.25) is 4.79 Å². The summed E-state index contributed by atoms with van der Waals surface area (Å²) in [6.07, 6.45) is 0.813. The van der Waals surface area contributed by atoms with Crippen molar-refractivity contribution in [2.24, 2.45) is 0 Å². The minimum absolute atomic E-state index is 0.0551. The molecular weight excluding hydrogens is 244 g/mol. The standard InChI is InChI=1S/C11H11BrO2/c1-2-14-11(13)8-6-7-4-3-5-9(12)10(7)8/h3-5,8H,2,6H2,1H3. The fraction of sp³-hybridized carbons (Fsp3) is 0.364. The van der Waals surface area contributed by atoms with Crippen LogP contribution < -0.4 is 0 Å². The van der Waals surface area contributed by atoms with Crippen LogP contribution >= 0.6 is 15.9 Å². The molecule has 0 bridgehead atoms. The molecular formula is C11H11BrO2. The van der Waals surface area contributed by atoms with E-state index in [0.717, 1.165) is 16.5 Å². The van der Waals surface area contributed by atoms with Crippen LogP contribution in [0.15, 0.2) is 22.7 Å². The Balaban J connectivity index is 2.22. The van der Waals surface area contributed by atoms with E-state index in [-0.39, 0.29) is 11.9 Å². The highest BCUT2D eigenvalue weighted by Gasteiger charge is 2.34. The zero-order chi connectivity index (χ0) is 10.1. The normalized spacial score (nSPS) is 18.3. The molecule has 0 heterocycles. The van der Waals surface area contributed by atoms with Crippen molar-refractivity contribution in [2.75, 3.05) is 6.61 Å². The maximum absolute atomic E-state index is 11.5. The number of hydrogen-bond donors (Lipinski definition) is 0. The van der Waals surface area contributed by atoms with Gasteiger partial charge in [0, 0.05) is 4.47 Å². The molecule has 0 spiro atoms. The van der Waals surface area contributed by atoms with Crippen LogP contribution in [0, 0.1) is 0 Å². The minimum atomic E-state index is -0.105. The third kappa shape index (κ3) is 1.46. The first-order valence-electron chi connectivity index (χ1n) is 4.68. The smallest absolute Gasteiger partial charge is 0.313 e. The maximum Gasteiger partial charge on any atom is 0.313 e. The summed E-state index contributed by atoms with van der Waals surface area (Å²) in [4.78, 5) is 11.5. The fourth-order valence-electron chi connectivity index (χ4n) is 1.78. The molecule has 0 fully saturated rings. The molecule has 0 amide bonds. The van der Waals surface area contributed by atoms with Crippen molar-refractivity contribution >= 4 is 21.9 Å². The predicted octanol–water partition coefficient (Wildman–Crippen LogP) is 2.65. The van der Waals surface area contributed by atoms with Crippen molar-refractivity contribution in [3.05, 3.63) is 33.8 Å². The molecule has 1 aliphatic carbocycles. The van der Waals surface area contributed by atoms with Gasteiger partial charge in [0.2, 0.25) is 0 Å². The molecule has 1 atom stereocenters. The first-order chi connectivity index (χ1) is 6.74. The van der Waals surface area contributed by atoms with Crippen molar-refractivity contribution in [1.82, 2.24) is 0 Å². The zero-order valence-corrected chi connectivity index (χ0v) is 9.50. The summed E-state index contributed by atoms with van der Waals surface area (Å²) in [6.45, 7) is 2.28. The number of hydrogen-bond acceptors (Lipinski definition) is 2. The molecule has 1 aromatic carbocycles. The lowest BCUT2D eigenvalue weighted by atomic mass is 9.78. The van der Waals surface area contributed by atoms with E-state index in [4.69, 9.17) is 4.74 Å². The topological polar surface area (TPSA) is 26.3 Å². The molecule has 2 nitrogen and oxygen atoms in total. The Hall–Kier alpha value is -0.830. The fourth-order valence-corrected chi connectivity index (χ4v) is 2.47. The predicted molar refractivity (Wildman–Crippen MR) is 57.2 cm³/mol. The summed E-state index contributed by atoms with van der Waals surface area (Å²) >= 11 is 3.45. The van der Waals surface area contributed by atoms with E-state index >= 15 is 0 Å². The van der Waals surface area contributed by atoms with Gasteiger partial charge in [0.15, 0.2) is 0 Å². The maximum atomic E-state index is 11.5. The van der Waals surface area contributed by atoms with E-state index in [1.165, 1.54) is 5.56 Å². The Morgan fingerprint density at radius 1 is 1.64 bits per heavy atom. The number of halogens is 1. The molecule has 2 rings (SSSR count). The Morgan fingerprint density at radius 2 is 2.43 bits per heavy atom. The lowest BCUT2D eigenvalue weighted by molar-refractivity contribution is -0.145. The second-order valence-corrected chi connectivity index (χ2v) is 4.18. The van der Waals surface area contributed by atoms with E-state index in [1.54, 1.807) is 0 Å². The van der Waals surface area contributed by atoms with Gasteiger partial charge in [0.1, 0.15) is 0 Å². The van der Waals surface area contributed by atoms with Gasteiger partial charge in [-0.05, 0) is 30.5 Å². The molecule has 1 unspecified atom stereocenters. The monoisotopic (exact) mass is 254 g/mol. The molecule has 0 saturated heterocycles. The van der Waals surface area contributed by atoms with Crippen molar-refractivity contribution in [3.8, 4) is 0 Å². The van der Waals surface area contributed by atoms with Gasteiger partial charge in [0.25, 0.3) is 0 Å². The van der Waals surface area contributed by atoms with Gasteiger partial charge >= 0.3 is 5.97 Å². The number of carbonyl (C=O) groups is 1. The highest BCUT2D eigenvalue weighted by atomic mass is 79.9. The lowest BCUT2D eigenvalue weighted by Crippen LogP contribution is -2.27. The second kappa shape index (κ2) is 3.73. The number of fused-ring (bicyclic) bond motifs is 1. The lowest BCUT2D eigenvalue weighted by Gasteiger charge is -2.29. The minimum Gasteiger partial charge on any atom is -0.466 e. The molecule has 0 saturated carbocycles. The zero-order valence-electron chi connectivity index (χ0n) is 7.92. The number of carbonyl (C=O) groups excluding carboxylic acids is 1. The number of benzene rings is 1. The third-order valence-corrected chi connectivity index (χ3v) is 3.18. The molecule has 14 heavy (non-hydrogen) atoms. The Kier molecular flexibility index (Phi) is 2.59. The van der Waals surface area contributed by atoms with Crippen LogP contribution in [0.25, 0.3) is 0 Å². The third-order valence-electron chi connectivity index (χ3n) is 2.49. The van der Waals surface area contributed by atoms with Gasteiger partial charge in [-0.15, -0.1) is 0 Å². The van der Waals surface area contributed by atoms with Gasteiger partial charge in [-0.25, -0.2) is 0 Å². The van der Waals surface area contributed by atoms with Crippen LogP contribution in [0.5, 0.6) is 0 Å². The van der Waals surface area contributed by atoms with Gasteiger partial charge in [-0.1, -0.05) is 28.1 Å². The van der Waals surface area contributed by atoms with E-state index in [1.807, 2.05) is 19.1 Å². The van der Waals surface area contributed by atoms with Crippen LogP contribution in [-0.4, -0.2) is 12.6 Å². The van der Waals surface area contributed by atoms with Crippen LogP contribution in [0.1, 0.15) is 24.0 Å². The second-order valence-electron chi connectivity index (χ2n) is 3.32. The molecule has 1 aromatic rings. The summed E-state index contributed by atoms with van der Waals surface area (Å²) in [7, 11) is 0. The van der Waals surface area contributed by atoms with Gasteiger partial charge < -0.3 is 4.74 Å². The summed E-state index contributed by atoms with van der Waals surface area (Å²) in [5.74, 6) is -0.160. The molecule has 0 radical (unpaired) electrons. The first kappa shape index (κ1) is 9.71. The molecule has 0 aliphatic heterocycles. The van der Waals surface area contributed by atoms with Crippen molar-refractivity contribution in [3.63, 3.8) is 0 Å². The number of rotatable bonds is 2. The number of ether oxygens (including phenoxy) is 1. The van der Waals surface area contributed by atoms with Crippen molar-refractivity contribution in [2.45, 2.75) is 19.3 Å². The van der Waals surface area contributed by atoms with Gasteiger partial charge in [-0.2, -0.15) is 0 Å². The first-order valence-corrected chi connectivity index (χ1v) is 5.47. The molecule has 0 aromatic heterocycles. The molecule has 3 heteroatoms. The summed E-state index contributed by atoms with van der Waals surface area (Å²) in [6, 6.07) is 6.00. The summed E-state index contributed by atoms with van der Waals surface area (Å²) < 4.78 is 6.01. The van der Waals surface area contributed by atoms with Crippen LogP contribution in [0.3, 0.4) is 0 Å². The summed E-state index contributed by atoms with van der Waals surface area (Å²) in [5.41, 5.74) is 2.35. The quantitative estimate of drug-likeness (QED) is 0.759. The van der Waals surface area contributed by atoms with Crippen molar-refractivity contribution < 1.29 is 9.53 Å². The average Bonchev–Trinajstić information content (AvgIpc) is 2.08. The van der Waals surface area contributed by atoms with E-state index in [2.05, 4.69) is 22.0 Å². The SMILES string of the molecule is CCOC(=O)C1Cc2cccc(Br)c21. The highest BCUT2D eigenvalue weighted by molar-refractivity contribution is 9.10. The largest absolute Gasteiger partial charge is 0.466 e. The van der Waals surface area contributed by atoms with Gasteiger partial charge in [0.05, 0.1) is 12.5 Å². The average molecular weight is 255 g/mol. The van der Waals surface area contributed by atoms with Crippen molar-refractivity contribution in [1.29, 1.82) is 0 Å². The molecule has 1 aliphatic rings. The Labute approximate surface area is 91.4 Å². The van der Waals surface area contributed by atoms with Crippen LogP contribution in [0.4, 0.5) is 0 Å². The summed E-state index contributed by atoms with van der Waals surface area (Å²) in [5, 5.41) is 0. The Morgan fingerprint density at radius 3 is 3.07 bits per heavy atom. The van der Waals surface area contributed by atoms with E-state index < -0.39 is 0 Å². The van der Waals surface area contributed by atoms with Crippen LogP contribution in [0.2, 0.25) is 0 Å². The molecule has 0 N–H and O–H groups in total. The van der Waals surface area contributed by atoms with E-state index in [0.29, 0.717) is 6.61 Å². The highest BCUT2D eigenvalue weighted by Crippen LogP contribution is 2.40. The molecule has 74 valence electrons. The number of esters is 1. The Bertz CT molecular complexity index is 359. The van der Waals surface area contributed by atoms with E-state index in [9.17, 15) is 4.79 Å². The van der Waals surface area contributed by atoms with Crippen LogP contribution in [-0.2, 0) is 16.0 Å².